The summed E-state index contributed by atoms with van der Waals surface area (Å²) in [6.07, 6.45) is 11.7. The highest BCUT2D eigenvalue weighted by Gasteiger charge is 1.97. The van der Waals surface area contributed by atoms with Crippen molar-refractivity contribution in [3.05, 3.63) is 18.2 Å². The molecule has 0 saturated carbocycles. The summed E-state index contributed by atoms with van der Waals surface area (Å²) in [6, 6.07) is 0. The molecule has 0 aliphatic heterocycles. The molecule has 92 valence electrons. The minimum Gasteiger partial charge on any atom is -0.338 e. The van der Waals surface area contributed by atoms with Gasteiger partial charge in [0, 0.05) is 32.4 Å². The maximum atomic E-state index is 4.30. The van der Waals surface area contributed by atoms with E-state index in [1.807, 2.05) is 19.4 Å². The molecule has 0 saturated heterocycles. The van der Waals surface area contributed by atoms with Crippen molar-refractivity contribution in [2.24, 2.45) is 7.05 Å². The molecule has 16 heavy (non-hydrogen) atoms. The van der Waals surface area contributed by atoms with Crippen LogP contribution in [0.5, 0.6) is 0 Å². The molecule has 0 radical (unpaired) electrons. The lowest BCUT2D eigenvalue weighted by Gasteiger charge is -2.04. The second kappa shape index (κ2) is 8.34. The Labute approximate surface area is 99.3 Å². The molecule has 0 spiro atoms. The van der Waals surface area contributed by atoms with Crippen LogP contribution < -0.4 is 5.32 Å². The molecule has 1 heterocycles. The van der Waals surface area contributed by atoms with E-state index in [1.165, 1.54) is 37.9 Å². The Morgan fingerprint density at radius 3 is 2.69 bits per heavy atom. The minimum absolute atomic E-state index is 1.03. The van der Waals surface area contributed by atoms with Crippen molar-refractivity contribution in [1.29, 1.82) is 0 Å². The first-order chi connectivity index (χ1) is 7.84. The van der Waals surface area contributed by atoms with Gasteiger partial charge in [0.1, 0.15) is 5.82 Å². The normalized spacial score (nSPS) is 10.9. The number of hydrogen-bond acceptors (Lipinski definition) is 2. The predicted molar refractivity (Wildman–Crippen MR) is 68.5 cm³/mol. The fraction of sp³-hybridized carbons (Fsp3) is 0.769. The molecule has 1 aromatic rings. The van der Waals surface area contributed by atoms with E-state index in [1.54, 1.807) is 0 Å². The second-order valence-electron chi connectivity index (χ2n) is 4.37. The number of hydrogen-bond donors (Lipinski definition) is 1. The zero-order chi connectivity index (χ0) is 11.6. The van der Waals surface area contributed by atoms with Crippen LogP contribution in [-0.2, 0) is 13.5 Å². The van der Waals surface area contributed by atoms with Crippen molar-refractivity contribution in [1.82, 2.24) is 14.9 Å². The fourth-order valence-electron chi connectivity index (χ4n) is 1.82. The molecule has 1 N–H and O–H groups in total. The van der Waals surface area contributed by atoms with Gasteiger partial charge >= 0.3 is 0 Å². The van der Waals surface area contributed by atoms with Crippen LogP contribution >= 0.6 is 0 Å². The Morgan fingerprint density at radius 1 is 1.19 bits per heavy atom. The summed E-state index contributed by atoms with van der Waals surface area (Å²) in [4.78, 5) is 4.30. The van der Waals surface area contributed by atoms with Crippen molar-refractivity contribution < 1.29 is 0 Å². The van der Waals surface area contributed by atoms with Gasteiger partial charge in [0.2, 0.25) is 0 Å². The highest BCUT2D eigenvalue weighted by atomic mass is 15.0. The second-order valence-corrected chi connectivity index (χ2v) is 4.37. The highest BCUT2D eigenvalue weighted by molar-refractivity contribution is 4.91. The smallest absolute Gasteiger partial charge is 0.109 e. The van der Waals surface area contributed by atoms with Gasteiger partial charge < -0.3 is 9.88 Å². The Balaban J connectivity index is 1.91. The average molecular weight is 223 g/mol. The van der Waals surface area contributed by atoms with Crippen molar-refractivity contribution in [3.8, 4) is 0 Å². The molecule has 0 fully saturated rings. The number of unbranched alkanes of at least 4 members (excludes halogenated alkanes) is 4. The Bertz CT molecular complexity index is 268. The molecule has 0 atom stereocenters. The van der Waals surface area contributed by atoms with E-state index < -0.39 is 0 Å². The van der Waals surface area contributed by atoms with Crippen LogP contribution in [0.3, 0.4) is 0 Å². The Morgan fingerprint density at radius 2 is 2.00 bits per heavy atom. The van der Waals surface area contributed by atoms with Crippen LogP contribution in [-0.4, -0.2) is 22.6 Å². The van der Waals surface area contributed by atoms with Crippen LogP contribution in [0.15, 0.2) is 12.4 Å². The van der Waals surface area contributed by atoms with Gasteiger partial charge in [-0.05, 0) is 13.0 Å². The summed E-state index contributed by atoms with van der Waals surface area (Å²) in [5, 5.41) is 3.47. The summed E-state index contributed by atoms with van der Waals surface area (Å²) in [5.74, 6) is 1.17. The van der Waals surface area contributed by atoms with Crippen molar-refractivity contribution in [2.45, 2.75) is 45.4 Å². The number of nitrogens with one attached hydrogen (secondary N) is 1. The lowest BCUT2D eigenvalue weighted by Crippen LogP contribution is -2.19. The first-order valence-corrected chi connectivity index (χ1v) is 6.51. The van der Waals surface area contributed by atoms with Crippen molar-refractivity contribution >= 4 is 0 Å². The first kappa shape index (κ1) is 13.2. The molecule has 1 aromatic heterocycles. The molecule has 0 amide bonds. The maximum absolute atomic E-state index is 4.30. The van der Waals surface area contributed by atoms with Crippen molar-refractivity contribution in [3.63, 3.8) is 0 Å². The molecule has 3 nitrogen and oxygen atoms in total. The molecule has 0 aliphatic carbocycles. The van der Waals surface area contributed by atoms with E-state index in [4.69, 9.17) is 0 Å². The summed E-state index contributed by atoms with van der Waals surface area (Å²) < 4.78 is 2.09. The maximum Gasteiger partial charge on any atom is 0.109 e. The van der Waals surface area contributed by atoms with E-state index in [-0.39, 0.29) is 0 Å². The molecule has 0 aromatic carbocycles. The zero-order valence-electron chi connectivity index (χ0n) is 10.7. The predicted octanol–water partition coefficient (Wildman–Crippen LogP) is 2.52. The van der Waals surface area contributed by atoms with Gasteiger partial charge in [0.05, 0.1) is 0 Å². The third kappa shape index (κ3) is 5.31. The molecule has 0 aliphatic rings. The molecule has 0 unspecified atom stereocenters. The van der Waals surface area contributed by atoms with Gasteiger partial charge in [-0.15, -0.1) is 0 Å². The van der Waals surface area contributed by atoms with E-state index in [9.17, 15) is 0 Å². The first-order valence-electron chi connectivity index (χ1n) is 6.51. The van der Waals surface area contributed by atoms with Gasteiger partial charge in [-0.1, -0.05) is 32.6 Å². The number of aryl methyl sites for hydroxylation is 1. The van der Waals surface area contributed by atoms with Gasteiger partial charge in [-0.25, -0.2) is 4.98 Å². The summed E-state index contributed by atoms with van der Waals surface area (Å²) in [5.41, 5.74) is 0. The fourth-order valence-corrected chi connectivity index (χ4v) is 1.82. The summed E-state index contributed by atoms with van der Waals surface area (Å²) in [6.45, 7) is 4.44. The molecular formula is C13H25N3. The largest absolute Gasteiger partial charge is 0.338 e. The third-order valence-electron chi connectivity index (χ3n) is 2.90. The number of imidazole rings is 1. The minimum atomic E-state index is 1.03. The van der Waals surface area contributed by atoms with Crippen LogP contribution in [0.25, 0.3) is 0 Å². The highest BCUT2D eigenvalue weighted by Crippen LogP contribution is 2.01. The topological polar surface area (TPSA) is 29.9 Å². The average Bonchev–Trinajstić information content (AvgIpc) is 2.68. The lowest BCUT2D eigenvalue weighted by molar-refractivity contribution is 0.578. The van der Waals surface area contributed by atoms with E-state index in [2.05, 4.69) is 21.8 Å². The summed E-state index contributed by atoms with van der Waals surface area (Å²) >= 11 is 0. The molecule has 0 bridgehead atoms. The number of rotatable bonds is 9. The van der Waals surface area contributed by atoms with Crippen LogP contribution in [0.4, 0.5) is 0 Å². The van der Waals surface area contributed by atoms with Crippen LogP contribution in [0, 0.1) is 0 Å². The van der Waals surface area contributed by atoms with Gasteiger partial charge in [0.15, 0.2) is 0 Å². The Kier molecular flexibility index (Phi) is 6.90. The molecular weight excluding hydrogens is 198 g/mol. The van der Waals surface area contributed by atoms with Crippen LogP contribution in [0.1, 0.15) is 44.9 Å². The van der Waals surface area contributed by atoms with Gasteiger partial charge in [0.25, 0.3) is 0 Å². The zero-order valence-corrected chi connectivity index (χ0v) is 10.7. The van der Waals surface area contributed by atoms with E-state index in [0.717, 1.165) is 19.5 Å². The van der Waals surface area contributed by atoms with Gasteiger partial charge in [-0.3, -0.25) is 0 Å². The van der Waals surface area contributed by atoms with E-state index >= 15 is 0 Å². The SMILES string of the molecule is CCCCCCCNCCc1nccn1C. The monoisotopic (exact) mass is 223 g/mol. The Hall–Kier alpha value is -0.830. The molecule has 3 heteroatoms. The third-order valence-corrected chi connectivity index (χ3v) is 2.90. The quantitative estimate of drug-likeness (QED) is 0.652. The molecule has 1 rings (SSSR count). The van der Waals surface area contributed by atoms with Crippen molar-refractivity contribution in [2.75, 3.05) is 13.1 Å². The van der Waals surface area contributed by atoms with Gasteiger partial charge in [-0.2, -0.15) is 0 Å². The number of aromatic nitrogens is 2. The number of nitrogens with zero attached hydrogens (tertiary/aromatic N) is 2. The lowest BCUT2D eigenvalue weighted by atomic mass is 10.1. The summed E-state index contributed by atoms with van der Waals surface area (Å²) in [7, 11) is 2.05. The standard InChI is InChI=1S/C13H25N3/c1-3-4-5-6-7-9-14-10-8-13-15-11-12-16(13)2/h11-12,14H,3-10H2,1-2H3. The van der Waals surface area contributed by atoms with Crippen LogP contribution in [0.2, 0.25) is 0 Å². The van der Waals surface area contributed by atoms with E-state index in [0.29, 0.717) is 0 Å².